The maximum Gasteiger partial charge on any atom is 0.0456 e. The van der Waals surface area contributed by atoms with E-state index in [-0.39, 0.29) is 6.61 Å². The fraction of sp³-hybridized carbons (Fsp3) is 0.500. The maximum atomic E-state index is 8.93. The van der Waals surface area contributed by atoms with Gasteiger partial charge in [0, 0.05) is 6.61 Å². The molecule has 2 atom stereocenters. The first-order valence-corrected chi connectivity index (χ1v) is 4.90. The van der Waals surface area contributed by atoms with Gasteiger partial charge >= 0.3 is 0 Å². The molecule has 0 spiro atoms. The molecule has 0 heterocycles. The molecule has 1 aromatic carbocycles. The molecule has 0 bridgehead atoms. The van der Waals surface area contributed by atoms with Crippen LogP contribution in [0.3, 0.4) is 0 Å². The number of aliphatic hydroxyl groups excluding tert-OH is 1. The molecule has 1 N–H and O–H groups in total. The van der Waals surface area contributed by atoms with E-state index in [0.717, 1.165) is 6.42 Å². The molecule has 72 valence electrons. The third-order valence-electron chi connectivity index (χ3n) is 2.44. The third-order valence-corrected chi connectivity index (χ3v) is 2.44. The van der Waals surface area contributed by atoms with Crippen molar-refractivity contribution in [2.45, 2.75) is 26.2 Å². The Hall–Kier alpha value is -0.820. The number of hydrogen-bond donors (Lipinski definition) is 1. The van der Waals surface area contributed by atoms with Crippen molar-refractivity contribution in [3.8, 4) is 0 Å². The van der Waals surface area contributed by atoms with E-state index in [2.05, 4.69) is 38.1 Å². The fourth-order valence-electron chi connectivity index (χ4n) is 1.60. The Morgan fingerprint density at radius 2 is 1.77 bits per heavy atom. The van der Waals surface area contributed by atoms with Gasteiger partial charge < -0.3 is 5.11 Å². The molecule has 1 heteroatoms. The van der Waals surface area contributed by atoms with E-state index in [1.165, 1.54) is 5.56 Å². The third kappa shape index (κ3) is 3.19. The average Bonchev–Trinajstić information content (AvgIpc) is 2.19. The first-order valence-electron chi connectivity index (χ1n) is 4.90. The summed E-state index contributed by atoms with van der Waals surface area (Å²) in [4.78, 5) is 0. The van der Waals surface area contributed by atoms with Crippen molar-refractivity contribution in [2.75, 3.05) is 6.61 Å². The standard InChI is InChI=1S/C12H18O/c1-10(9-13)8-11(2)12-6-4-3-5-7-12/h3-7,10-11,13H,8-9H2,1-2H3/t10-,11-/m1/s1. The molecular weight excluding hydrogens is 160 g/mol. The largest absolute Gasteiger partial charge is 0.396 e. The molecule has 0 aromatic heterocycles. The van der Waals surface area contributed by atoms with Crippen molar-refractivity contribution in [2.24, 2.45) is 5.92 Å². The predicted octanol–water partition coefficient (Wildman–Crippen LogP) is 2.81. The molecule has 0 fully saturated rings. The Kier molecular flexibility index (Phi) is 3.97. The summed E-state index contributed by atoms with van der Waals surface area (Å²) in [7, 11) is 0. The first kappa shape index (κ1) is 10.3. The van der Waals surface area contributed by atoms with Crippen LogP contribution in [0.25, 0.3) is 0 Å². The Labute approximate surface area is 80.4 Å². The van der Waals surface area contributed by atoms with Crippen molar-refractivity contribution < 1.29 is 5.11 Å². The van der Waals surface area contributed by atoms with Crippen LogP contribution < -0.4 is 0 Å². The molecule has 1 rings (SSSR count). The summed E-state index contributed by atoms with van der Waals surface area (Å²) in [6, 6.07) is 10.5. The SMILES string of the molecule is C[C@@H](CO)C[C@@H](C)c1ccccc1. The van der Waals surface area contributed by atoms with Crippen LogP contribution in [-0.4, -0.2) is 11.7 Å². The first-order chi connectivity index (χ1) is 6.24. The summed E-state index contributed by atoms with van der Waals surface area (Å²) in [5.74, 6) is 0.943. The Bertz CT molecular complexity index is 230. The molecule has 0 radical (unpaired) electrons. The second kappa shape index (κ2) is 5.03. The Balaban J connectivity index is 2.53. The van der Waals surface area contributed by atoms with Crippen molar-refractivity contribution in [1.29, 1.82) is 0 Å². The van der Waals surface area contributed by atoms with Crippen LogP contribution in [-0.2, 0) is 0 Å². The summed E-state index contributed by atoms with van der Waals surface area (Å²) in [6.45, 7) is 4.58. The summed E-state index contributed by atoms with van der Waals surface area (Å²) >= 11 is 0. The van der Waals surface area contributed by atoms with Crippen molar-refractivity contribution >= 4 is 0 Å². The van der Waals surface area contributed by atoms with Gasteiger partial charge in [-0.05, 0) is 23.8 Å². The lowest BCUT2D eigenvalue weighted by Crippen LogP contribution is -2.05. The lowest BCUT2D eigenvalue weighted by atomic mass is 9.92. The highest BCUT2D eigenvalue weighted by atomic mass is 16.3. The summed E-state index contributed by atoms with van der Waals surface area (Å²) < 4.78 is 0. The molecule has 0 saturated carbocycles. The van der Waals surface area contributed by atoms with Crippen molar-refractivity contribution in [3.05, 3.63) is 35.9 Å². The second-order valence-corrected chi connectivity index (χ2v) is 3.84. The zero-order valence-corrected chi connectivity index (χ0v) is 8.40. The molecular formula is C12H18O. The highest BCUT2D eigenvalue weighted by molar-refractivity contribution is 5.18. The quantitative estimate of drug-likeness (QED) is 0.751. The average molecular weight is 178 g/mol. The van der Waals surface area contributed by atoms with Crippen molar-refractivity contribution in [3.63, 3.8) is 0 Å². The van der Waals surface area contributed by atoms with E-state index in [0.29, 0.717) is 11.8 Å². The van der Waals surface area contributed by atoms with Crippen LogP contribution in [0.2, 0.25) is 0 Å². The number of aliphatic hydroxyl groups is 1. The summed E-state index contributed by atoms with van der Waals surface area (Å²) in [5, 5.41) is 8.93. The van der Waals surface area contributed by atoms with Crippen LogP contribution in [0.15, 0.2) is 30.3 Å². The zero-order chi connectivity index (χ0) is 9.68. The van der Waals surface area contributed by atoms with Gasteiger partial charge in [0.15, 0.2) is 0 Å². The minimum absolute atomic E-state index is 0.289. The highest BCUT2D eigenvalue weighted by Gasteiger charge is 2.08. The van der Waals surface area contributed by atoms with Crippen LogP contribution in [0.4, 0.5) is 0 Å². The van der Waals surface area contributed by atoms with Gasteiger partial charge in [-0.1, -0.05) is 44.2 Å². The normalized spacial score (nSPS) is 15.3. The van der Waals surface area contributed by atoms with Gasteiger partial charge in [-0.15, -0.1) is 0 Å². The van der Waals surface area contributed by atoms with Crippen LogP contribution in [0, 0.1) is 5.92 Å². The minimum atomic E-state index is 0.289. The molecule has 0 unspecified atom stereocenters. The maximum absolute atomic E-state index is 8.93. The molecule has 13 heavy (non-hydrogen) atoms. The zero-order valence-electron chi connectivity index (χ0n) is 8.40. The molecule has 1 aromatic rings. The Morgan fingerprint density at radius 1 is 1.15 bits per heavy atom. The molecule has 0 aliphatic heterocycles. The molecule has 0 amide bonds. The van der Waals surface area contributed by atoms with E-state index < -0.39 is 0 Å². The van der Waals surface area contributed by atoms with E-state index in [9.17, 15) is 0 Å². The molecule has 0 aliphatic rings. The Morgan fingerprint density at radius 3 is 2.31 bits per heavy atom. The van der Waals surface area contributed by atoms with Crippen molar-refractivity contribution in [1.82, 2.24) is 0 Å². The predicted molar refractivity (Wildman–Crippen MR) is 55.7 cm³/mol. The number of hydrogen-bond acceptors (Lipinski definition) is 1. The summed E-state index contributed by atoms with van der Waals surface area (Å²) in [6.07, 6.45) is 1.06. The van der Waals surface area contributed by atoms with E-state index >= 15 is 0 Å². The lowest BCUT2D eigenvalue weighted by molar-refractivity contribution is 0.225. The second-order valence-electron chi connectivity index (χ2n) is 3.84. The van der Waals surface area contributed by atoms with Gasteiger partial charge in [-0.2, -0.15) is 0 Å². The van der Waals surface area contributed by atoms with Crippen LogP contribution in [0.5, 0.6) is 0 Å². The van der Waals surface area contributed by atoms with Crippen LogP contribution >= 0.6 is 0 Å². The minimum Gasteiger partial charge on any atom is -0.396 e. The molecule has 0 saturated heterocycles. The lowest BCUT2D eigenvalue weighted by Gasteiger charge is -2.15. The van der Waals surface area contributed by atoms with Gasteiger partial charge in [-0.3, -0.25) is 0 Å². The van der Waals surface area contributed by atoms with Gasteiger partial charge in [0.05, 0.1) is 0 Å². The van der Waals surface area contributed by atoms with Crippen LogP contribution in [0.1, 0.15) is 31.7 Å². The fourth-order valence-corrected chi connectivity index (χ4v) is 1.60. The molecule has 1 nitrogen and oxygen atoms in total. The van der Waals surface area contributed by atoms with Gasteiger partial charge in [-0.25, -0.2) is 0 Å². The monoisotopic (exact) mass is 178 g/mol. The van der Waals surface area contributed by atoms with Gasteiger partial charge in [0.1, 0.15) is 0 Å². The highest BCUT2D eigenvalue weighted by Crippen LogP contribution is 2.22. The van der Waals surface area contributed by atoms with E-state index in [1.54, 1.807) is 0 Å². The van der Waals surface area contributed by atoms with E-state index in [1.807, 2.05) is 6.07 Å². The smallest absolute Gasteiger partial charge is 0.0456 e. The van der Waals surface area contributed by atoms with Gasteiger partial charge in [0.2, 0.25) is 0 Å². The number of benzene rings is 1. The van der Waals surface area contributed by atoms with Gasteiger partial charge in [0.25, 0.3) is 0 Å². The van der Waals surface area contributed by atoms with E-state index in [4.69, 9.17) is 5.11 Å². The summed E-state index contributed by atoms with van der Waals surface area (Å²) in [5.41, 5.74) is 1.36. The molecule has 0 aliphatic carbocycles. The number of rotatable bonds is 4. The topological polar surface area (TPSA) is 20.2 Å².